The van der Waals surface area contributed by atoms with E-state index >= 15 is 0 Å². The minimum absolute atomic E-state index is 0.0304. The van der Waals surface area contributed by atoms with E-state index in [1.54, 1.807) is 24.1 Å². The van der Waals surface area contributed by atoms with Crippen LogP contribution in [0.3, 0.4) is 0 Å². The van der Waals surface area contributed by atoms with Crippen LogP contribution in [0.4, 0.5) is 10.5 Å². The zero-order chi connectivity index (χ0) is 32.2. The third-order valence-corrected chi connectivity index (χ3v) is 8.92. The highest BCUT2D eigenvalue weighted by atomic mass is 16.7. The minimum atomic E-state index is -1.03. The maximum absolute atomic E-state index is 14.0. The molecule has 1 N–H and O–H groups in total. The van der Waals surface area contributed by atoms with E-state index in [2.05, 4.69) is 6.92 Å². The second kappa shape index (κ2) is 13.7. The van der Waals surface area contributed by atoms with Gasteiger partial charge >= 0.3 is 12.0 Å². The Balaban J connectivity index is 1.48. The number of methoxy groups -OCH3 is 1. The summed E-state index contributed by atoms with van der Waals surface area (Å²) in [6, 6.07) is 6.27. The lowest BCUT2D eigenvalue weighted by Crippen LogP contribution is -2.52. The molecule has 0 saturated carbocycles. The Kier molecular flexibility index (Phi) is 9.76. The number of imide groups is 1. The number of aryl methyl sites for hydroxylation is 1. The molecule has 13 heteroatoms. The quantitative estimate of drug-likeness (QED) is 0.353. The molecular weight excluding hydrogens is 582 g/mol. The fourth-order valence-corrected chi connectivity index (χ4v) is 6.55. The molecule has 0 radical (unpaired) electrons. The summed E-state index contributed by atoms with van der Waals surface area (Å²) in [5, 5.41) is 10.6. The molecule has 0 unspecified atom stereocenters. The molecule has 0 bridgehead atoms. The van der Waals surface area contributed by atoms with Crippen molar-refractivity contribution < 1.29 is 43.1 Å². The molecule has 3 aliphatic rings. The lowest BCUT2D eigenvalue weighted by atomic mass is 9.84. The summed E-state index contributed by atoms with van der Waals surface area (Å²) in [5.74, 6) is -1.57. The minimum Gasteiger partial charge on any atom is -0.493 e. The number of aromatic nitrogens is 1. The third kappa shape index (κ3) is 6.68. The van der Waals surface area contributed by atoms with E-state index in [0.29, 0.717) is 35.9 Å². The van der Waals surface area contributed by atoms with Crippen molar-refractivity contribution in [3.8, 4) is 17.2 Å². The van der Waals surface area contributed by atoms with Gasteiger partial charge in [-0.2, -0.15) is 0 Å². The molecule has 0 aliphatic carbocycles. The van der Waals surface area contributed by atoms with Crippen molar-refractivity contribution in [1.82, 2.24) is 14.7 Å². The van der Waals surface area contributed by atoms with E-state index in [-0.39, 0.29) is 51.1 Å². The summed E-state index contributed by atoms with van der Waals surface area (Å²) in [5.41, 5.74) is 1.44. The van der Waals surface area contributed by atoms with Crippen molar-refractivity contribution in [1.29, 1.82) is 0 Å². The third-order valence-electron chi connectivity index (χ3n) is 8.92. The standard InChI is InChI=1S/C32H41N5O8/c1-5-6-12-36(22-8-7-11-33(2)17-22)28(39)19-35-18-23(21-15-25(43-4)30-26(16-21)44-20-45-30)29(31(40)41)24(35)9-14-37-27(38)10-13-34(3)32(37)42/h7-8,11,15-17,23-24,29H,5-6,9-10,12-14,18-20H2,1-4H3/p+1/t23-,24+,29-/m1/s1. The number of nitrogens with zero attached hydrogens (tertiary/aromatic N) is 5. The molecule has 1 aromatic heterocycles. The molecule has 2 fully saturated rings. The topological polar surface area (TPSA) is 133 Å². The van der Waals surface area contributed by atoms with Gasteiger partial charge in [0.1, 0.15) is 12.7 Å². The molecule has 4 amide bonds. The highest BCUT2D eigenvalue weighted by Gasteiger charge is 2.48. The Morgan fingerprint density at radius 2 is 2.02 bits per heavy atom. The molecule has 4 heterocycles. The van der Waals surface area contributed by atoms with Crippen molar-refractivity contribution in [2.75, 3.05) is 58.6 Å². The Bertz CT molecular complexity index is 1450. The molecule has 45 heavy (non-hydrogen) atoms. The zero-order valence-electron chi connectivity index (χ0n) is 26.3. The van der Waals surface area contributed by atoms with E-state index in [0.717, 1.165) is 18.5 Å². The smallest absolute Gasteiger partial charge is 0.326 e. The number of unbranched alkanes of at least 4 members (excludes halogenated alkanes) is 1. The maximum atomic E-state index is 14.0. The number of carboxylic acid groups (broad SMARTS) is 1. The van der Waals surface area contributed by atoms with E-state index in [4.69, 9.17) is 14.2 Å². The summed E-state index contributed by atoms with van der Waals surface area (Å²) in [6.45, 7) is 3.24. The van der Waals surface area contributed by atoms with Gasteiger partial charge in [-0.05, 0) is 36.6 Å². The first-order valence-corrected chi connectivity index (χ1v) is 15.4. The van der Waals surface area contributed by atoms with Crippen LogP contribution in [0.2, 0.25) is 0 Å². The first kappa shape index (κ1) is 32.0. The van der Waals surface area contributed by atoms with Gasteiger partial charge < -0.3 is 29.1 Å². The van der Waals surface area contributed by atoms with Crippen LogP contribution < -0.4 is 23.7 Å². The van der Waals surface area contributed by atoms with Crippen LogP contribution in [-0.4, -0.2) is 103 Å². The molecule has 5 rings (SSSR count). The van der Waals surface area contributed by atoms with Crippen molar-refractivity contribution in [2.24, 2.45) is 13.0 Å². The summed E-state index contributed by atoms with van der Waals surface area (Å²) in [6.07, 6.45) is 5.89. The van der Waals surface area contributed by atoms with Crippen LogP contribution in [-0.2, 0) is 21.4 Å². The number of aliphatic carboxylic acids is 1. The molecule has 3 aliphatic heterocycles. The normalized spacial score (nSPS) is 21.4. The number of carbonyl (C=O) groups excluding carboxylic acids is 3. The highest BCUT2D eigenvalue weighted by molar-refractivity contribution is 5.97. The average Bonchev–Trinajstić information content (AvgIpc) is 3.64. The number of urea groups is 1. The number of pyridine rings is 1. The SMILES string of the molecule is CCCCN(C(=O)CN1C[C@H](c2cc(OC)c3c(c2)OCO3)[C@@H](C(=O)O)[C@@H]1CCN1C(=O)CCN(C)C1=O)c1ccc[n+](C)c1. The van der Waals surface area contributed by atoms with Crippen molar-refractivity contribution in [3.63, 3.8) is 0 Å². The Labute approximate surface area is 262 Å². The largest absolute Gasteiger partial charge is 0.493 e. The fraction of sp³-hybridized carbons (Fsp3) is 0.531. The van der Waals surface area contributed by atoms with Gasteiger partial charge in [-0.15, -0.1) is 0 Å². The Hall–Kier alpha value is -4.39. The highest BCUT2D eigenvalue weighted by Crippen LogP contribution is 2.47. The van der Waals surface area contributed by atoms with Gasteiger partial charge in [0, 0.05) is 57.7 Å². The molecule has 2 aromatic rings. The molecular formula is C32H42N5O8+. The van der Waals surface area contributed by atoms with Crippen molar-refractivity contribution >= 4 is 29.5 Å². The molecule has 2 saturated heterocycles. The molecule has 0 spiro atoms. The van der Waals surface area contributed by atoms with Crippen LogP contribution in [0.1, 0.15) is 44.1 Å². The Morgan fingerprint density at radius 3 is 2.73 bits per heavy atom. The number of carboxylic acids is 1. The van der Waals surface area contributed by atoms with Crippen molar-refractivity contribution in [3.05, 3.63) is 42.2 Å². The number of amides is 4. The number of anilines is 1. The Morgan fingerprint density at radius 1 is 1.22 bits per heavy atom. The molecule has 13 nitrogen and oxygen atoms in total. The number of benzene rings is 1. The zero-order valence-corrected chi connectivity index (χ0v) is 26.3. The summed E-state index contributed by atoms with van der Waals surface area (Å²) >= 11 is 0. The number of likely N-dealkylation sites (tertiary alicyclic amines) is 1. The van der Waals surface area contributed by atoms with E-state index in [1.807, 2.05) is 41.0 Å². The van der Waals surface area contributed by atoms with Crippen LogP contribution in [0, 0.1) is 5.92 Å². The monoisotopic (exact) mass is 624 g/mol. The van der Waals surface area contributed by atoms with E-state index < -0.39 is 29.9 Å². The van der Waals surface area contributed by atoms with Gasteiger partial charge in [-0.1, -0.05) is 13.3 Å². The first-order chi connectivity index (χ1) is 21.6. The van der Waals surface area contributed by atoms with E-state index in [9.17, 15) is 24.3 Å². The number of hydrogen-bond acceptors (Lipinski definition) is 8. The second-order valence-corrected chi connectivity index (χ2v) is 11.8. The average molecular weight is 625 g/mol. The number of ether oxygens (including phenoxy) is 3. The lowest BCUT2D eigenvalue weighted by molar-refractivity contribution is -0.670. The summed E-state index contributed by atoms with van der Waals surface area (Å²) < 4.78 is 18.6. The van der Waals surface area contributed by atoms with E-state index in [1.165, 1.54) is 16.9 Å². The van der Waals surface area contributed by atoms with Gasteiger partial charge in [-0.25, -0.2) is 9.36 Å². The molecule has 3 atom stereocenters. The predicted octanol–water partition coefficient (Wildman–Crippen LogP) is 2.22. The lowest BCUT2D eigenvalue weighted by Gasteiger charge is -2.34. The number of carbonyl (C=O) groups is 4. The van der Waals surface area contributed by atoms with Crippen LogP contribution in [0.5, 0.6) is 17.2 Å². The summed E-state index contributed by atoms with van der Waals surface area (Å²) in [4.78, 5) is 58.9. The summed E-state index contributed by atoms with van der Waals surface area (Å²) in [7, 11) is 5.04. The van der Waals surface area contributed by atoms with Gasteiger partial charge in [0.05, 0.1) is 19.6 Å². The number of rotatable bonds is 12. The second-order valence-electron chi connectivity index (χ2n) is 11.8. The van der Waals surface area contributed by atoms with Crippen molar-refractivity contribution in [2.45, 2.75) is 44.6 Å². The predicted molar refractivity (Wildman–Crippen MR) is 162 cm³/mol. The van der Waals surface area contributed by atoms with Gasteiger partial charge in [0.25, 0.3) is 0 Å². The number of fused-ring (bicyclic) bond motifs is 1. The van der Waals surface area contributed by atoms with Gasteiger partial charge in [0.15, 0.2) is 23.9 Å². The fourth-order valence-electron chi connectivity index (χ4n) is 6.55. The van der Waals surface area contributed by atoms with Crippen LogP contribution in [0.25, 0.3) is 0 Å². The van der Waals surface area contributed by atoms with Gasteiger partial charge in [-0.3, -0.25) is 24.2 Å². The van der Waals surface area contributed by atoms with Crippen LogP contribution >= 0.6 is 0 Å². The maximum Gasteiger partial charge on any atom is 0.326 e. The first-order valence-electron chi connectivity index (χ1n) is 15.4. The van der Waals surface area contributed by atoms with Gasteiger partial charge in [0.2, 0.25) is 24.4 Å². The molecule has 242 valence electrons. The number of hydrogen-bond donors (Lipinski definition) is 1. The van der Waals surface area contributed by atoms with Crippen LogP contribution in [0.15, 0.2) is 36.7 Å². The molecule has 1 aromatic carbocycles.